The average molecular weight is 474 g/mol. The van der Waals surface area contributed by atoms with Gasteiger partial charge in [-0.3, -0.25) is 14.6 Å². The summed E-state index contributed by atoms with van der Waals surface area (Å²) in [7, 11) is 1.28. The number of alkyl halides is 2. The van der Waals surface area contributed by atoms with Crippen molar-refractivity contribution in [2.24, 2.45) is 5.92 Å². The Bertz CT molecular complexity index is 1440. The van der Waals surface area contributed by atoms with Crippen LogP contribution >= 0.6 is 0 Å². The van der Waals surface area contributed by atoms with E-state index < -0.39 is 41.8 Å². The summed E-state index contributed by atoms with van der Waals surface area (Å²) in [6, 6.07) is 2.97. The number of halogens is 2. The molecule has 3 N–H and O–H groups in total. The van der Waals surface area contributed by atoms with Crippen LogP contribution in [0.3, 0.4) is 0 Å². The molecule has 1 fully saturated rings. The molecule has 176 valence electrons. The van der Waals surface area contributed by atoms with Gasteiger partial charge < -0.3 is 19.4 Å². The van der Waals surface area contributed by atoms with Gasteiger partial charge in [-0.1, -0.05) is 0 Å². The number of nitriles is 1. The molecule has 1 unspecified atom stereocenters. The maximum atomic E-state index is 14.7. The minimum absolute atomic E-state index is 0.0185. The molecule has 13 nitrogen and oxygen atoms in total. The highest BCUT2D eigenvalue weighted by molar-refractivity contribution is 5.62. The normalized spacial score (nSPS) is 16.8. The molecule has 0 amide bonds. The molecular weight excluding hydrogens is 458 g/mol. The van der Waals surface area contributed by atoms with Crippen molar-refractivity contribution in [1.29, 1.82) is 5.26 Å². The number of methoxy groups -OCH3 is 1. The summed E-state index contributed by atoms with van der Waals surface area (Å²) in [5.41, 5.74) is -2.51. The van der Waals surface area contributed by atoms with E-state index in [2.05, 4.69) is 25.1 Å². The number of anilines is 1. The lowest BCUT2D eigenvalue weighted by Crippen LogP contribution is -2.32. The highest BCUT2D eigenvalue weighted by Gasteiger charge is 2.49. The molecule has 0 aliphatic carbocycles. The van der Waals surface area contributed by atoms with Crippen molar-refractivity contribution in [1.82, 2.24) is 30.1 Å². The van der Waals surface area contributed by atoms with E-state index in [1.807, 2.05) is 4.98 Å². The third-order valence-corrected chi connectivity index (χ3v) is 5.11. The van der Waals surface area contributed by atoms with Crippen LogP contribution in [-0.2, 0) is 0 Å². The Morgan fingerprint density at radius 3 is 2.82 bits per heavy atom. The fourth-order valence-corrected chi connectivity index (χ4v) is 3.41. The van der Waals surface area contributed by atoms with E-state index >= 15 is 0 Å². The van der Waals surface area contributed by atoms with Gasteiger partial charge in [-0.05, 0) is 6.07 Å². The minimum Gasteiger partial charge on any atom is -0.479 e. The Labute approximate surface area is 188 Å². The highest BCUT2D eigenvalue weighted by Crippen LogP contribution is 2.35. The molecule has 1 aliphatic heterocycles. The van der Waals surface area contributed by atoms with E-state index in [0.717, 1.165) is 17.3 Å². The summed E-state index contributed by atoms with van der Waals surface area (Å²) < 4.78 is 39.7. The standard InChI is InChI=1S/C19H16F2N8O5/c1-33-17-12(3-22)23-5-14(25-17)34-7-9-6-29(8-19(9,20)21)13-2-11(27-28-16(13)31)10-4-24-18(32)26-15(10)30/h2,4-5,9H,6-8H2,1H3,(H,28,31)(H2,24,26,30,32). The van der Waals surface area contributed by atoms with Crippen LogP contribution in [0.1, 0.15) is 5.69 Å². The second-order valence-electron chi connectivity index (χ2n) is 7.28. The Balaban J connectivity index is 1.55. The van der Waals surface area contributed by atoms with Gasteiger partial charge >= 0.3 is 5.69 Å². The number of rotatable bonds is 6. The maximum Gasteiger partial charge on any atom is 0.325 e. The Morgan fingerprint density at radius 1 is 1.32 bits per heavy atom. The number of hydrogen-bond donors (Lipinski definition) is 3. The zero-order valence-corrected chi connectivity index (χ0v) is 17.5. The van der Waals surface area contributed by atoms with E-state index in [-0.39, 0.29) is 40.9 Å². The Kier molecular flexibility index (Phi) is 5.80. The monoisotopic (exact) mass is 474 g/mol. The Hall–Kier alpha value is -4.61. The van der Waals surface area contributed by atoms with Crippen LogP contribution < -0.4 is 31.2 Å². The van der Waals surface area contributed by atoms with Crippen molar-refractivity contribution in [3.05, 3.63) is 55.3 Å². The summed E-state index contributed by atoms with van der Waals surface area (Å²) in [6.45, 7) is -1.48. The second kappa shape index (κ2) is 8.73. The second-order valence-corrected chi connectivity index (χ2v) is 7.28. The van der Waals surface area contributed by atoms with Gasteiger partial charge in [0.25, 0.3) is 22.9 Å². The van der Waals surface area contributed by atoms with Gasteiger partial charge in [0.2, 0.25) is 11.6 Å². The van der Waals surface area contributed by atoms with Crippen LogP contribution in [-0.4, -0.2) is 62.9 Å². The molecule has 15 heteroatoms. The molecule has 0 aromatic carbocycles. The molecule has 3 aromatic rings. The van der Waals surface area contributed by atoms with Crippen LogP contribution in [0, 0.1) is 17.2 Å². The molecule has 0 saturated carbocycles. The minimum atomic E-state index is -3.23. The summed E-state index contributed by atoms with van der Waals surface area (Å²) in [6.07, 6.45) is 2.22. The van der Waals surface area contributed by atoms with Gasteiger partial charge in [-0.2, -0.15) is 15.3 Å². The first-order valence-corrected chi connectivity index (χ1v) is 9.70. The molecule has 3 aromatic heterocycles. The van der Waals surface area contributed by atoms with Crippen molar-refractivity contribution in [3.8, 4) is 29.1 Å². The fourth-order valence-electron chi connectivity index (χ4n) is 3.41. The number of aromatic amines is 3. The van der Waals surface area contributed by atoms with Crippen LogP contribution in [0.4, 0.5) is 14.5 Å². The summed E-state index contributed by atoms with van der Waals surface area (Å²) >= 11 is 0. The number of nitrogens with one attached hydrogen (secondary N) is 3. The molecule has 4 rings (SSSR count). The molecule has 1 atom stereocenters. The largest absolute Gasteiger partial charge is 0.479 e. The molecular formula is C19H16F2N8O5. The zero-order chi connectivity index (χ0) is 24.5. The fraction of sp³-hybridized carbons (Fsp3) is 0.316. The van der Waals surface area contributed by atoms with E-state index in [4.69, 9.17) is 14.7 Å². The van der Waals surface area contributed by atoms with E-state index in [1.54, 1.807) is 6.07 Å². The van der Waals surface area contributed by atoms with Gasteiger partial charge in [0, 0.05) is 12.7 Å². The van der Waals surface area contributed by atoms with Gasteiger partial charge in [-0.15, -0.1) is 0 Å². The number of ether oxygens (including phenoxy) is 2. The molecule has 1 saturated heterocycles. The predicted molar refractivity (Wildman–Crippen MR) is 111 cm³/mol. The lowest BCUT2D eigenvalue weighted by molar-refractivity contribution is -0.0360. The third-order valence-electron chi connectivity index (χ3n) is 5.11. The summed E-state index contributed by atoms with van der Waals surface area (Å²) in [4.78, 5) is 48.7. The van der Waals surface area contributed by atoms with Crippen LogP contribution in [0.25, 0.3) is 11.3 Å². The third kappa shape index (κ3) is 4.33. The van der Waals surface area contributed by atoms with E-state index in [9.17, 15) is 23.2 Å². The van der Waals surface area contributed by atoms with Crippen LogP contribution in [0.15, 0.2) is 32.8 Å². The number of nitrogens with zero attached hydrogens (tertiary/aromatic N) is 5. The predicted octanol–water partition coefficient (Wildman–Crippen LogP) is -0.366. The molecule has 4 heterocycles. The van der Waals surface area contributed by atoms with Crippen LogP contribution in [0.2, 0.25) is 0 Å². The topological polar surface area (TPSA) is 183 Å². The van der Waals surface area contributed by atoms with Crippen molar-refractivity contribution in [2.45, 2.75) is 5.92 Å². The highest BCUT2D eigenvalue weighted by atomic mass is 19.3. The van der Waals surface area contributed by atoms with Gasteiger partial charge in [0.15, 0.2) is 0 Å². The number of aromatic nitrogens is 6. The number of hydrogen-bond acceptors (Lipinski definition) is 10. The zero-order valence-electron chi connectivity index (χ0n) is 17.5. The summed E-state index contributed by atoms with van der Waals surface area (Å²) in [5.74, 6) is -4.75. The van der Waals surface area contributed by atoms with Crippen molar-refractivity contribution >= 4 is 5.69 Å². The molecule has 0 bridgehead atoms. The first-order chi connectivity index (χ1) is 16.2. The first kappa shape index (κ1) is 22.6. The first-order valence-electron chi connectivity index (χ1n) is 9.70. The van der Waals surface area contributed by atoms with E-state index in [0.29, 0.717) is 0 Å². The smallest absolute Gasteiger partial charge is 0.325 e. The summed E-state index contributed by atoms with van der Waals surface area (Å²) in [5, 5.41) is 14.9. The molecule has 34 heavy (non-hydrogen) atoms. The van der Waals surface area contributed by atoms with Gasteiger partial charge in [0.05, 0.1) is 37.0 Å². The van der Waals surface area contributed by atoms with Crippen molar-refractivity contribution in [2.75, 3.05) is 31.7 Å². The molecule has 0 radical (unpaired) electrons. The van der Waals surface area contributed by atoms with Gasteiger partial charge in [-0.25, -0.2) is 23.7 Å². The lowest BCUT2D eigenvalue weighted by atomic mass is 10.1. The molecule has 0 spiro atoms. The maximum absolute atomic E-state index is 14.7. The van der Waals surface area contributed by atoms with Gasteiger partial charge in [0.1, 0.15) is 18.4 Å². The molecule has 1 aliphatic rings. The van der Waals surface area contributed by atoms with Crippen molar-refractivity contribution < 1.29 is 18.3 Å². The Morgan fingerprint density at radius 2 is 2.12 bits per heavy atom. The van der Waals surface area contributed by atoms with Crippen LogP contribution in [0.5, 0.6) is 11.8 Å². The van der Waals surface area contributed by atoms with E-state index in [1.165, 1.54) is 13.2 Å². The average Bonchev–Trinajstić information content (AvgIpc) is 3.11. The number of H-pyrrole nitrogens is 3. The SMILES string of the molecule is COc1nc(OCC2CN(c3cc(-c4c[nH]c(=O)[nH]c4=O)n[nH]c3=O)CC2(F)F)cnc1C#N. The quantitative estimate of drug-likeness (QED) is 0.426. The lowest BCUT2D eigenvalue weighted by Gasteiger charge is -2.17. The van der Waals surface area contributed by atoms with Crippen molar-refractivity contribution in [3.63, 3.8) is 0 Å².